The number of benzene rings is 1. The van der Waals surface area contributed by atoms with Crippen LogP contribution in [0.5, 0.6) is 0 Å². The molecule has 18 heavy (non-hydrogen) atoms. The SMILES string of the molecule is CCC(CC)C(C)NCc1ccc(C(C)C)cc1. The van der Waals surface area contributed by atoms with Crippen LogP contribution in [-0.2, 0) is 6.54 Å². The van der Waals surface area contributed by atoms with Crippen molar-refractivity contribution in [2.45, 2.75) is 66.0 Å². The molecule has 102 valence electrons. The van der Waals surface area contributed by atoms with Gasteiger partial charge in [0, 0.05) is 12.6 Å². The number of hydrogen-bond acceptors (Lipinski definition) is 1. The Bertz CT molecular complexity index is 322. The van der Waals surface area contributed by atoms with Gasteiger partial charge in [-0.3, -0.25) is 0 Å². The van der Waals surface area contributed by atoms with E-state index in [1.807, 2.05) is 0 Å². The molecule has 0 spiro atoms. The van der Waals surface area contributed by atoms with E-state index in [1.165, 1.54) is 24.0 Å². The lowest BCUT2D eigenvalue weighted by atomic mass is 9.95. The number of nitrogens with one attached hydrogen (secondary N) is 1. The average molecular weight is 247 g/mol. The normalized spacial score (nSPS) is 13.3. The predicted octanol–water partition coefficient (Wildman–Crippen LogP) is 4.72. The summed E-state index contributed by atoms with van der Waals surface area (Å²) >= 11 is 0. The second kappa shape index (κ2) is 7.58. The zero-order valence-electron chi connectivity index (χ0n) is 12.7. The van der Waals surface area contributed by atoms with Gasteiger partial charge < -0.3 is 5.32 Å². The molecular formula is C17H29N. The van der Waals surface area contributed by atoms with Crippen molar-refractivity contribution < 1.29 is 0 Å². The van der Waals surface area contributed by atoms with Gasteiger partial charge in [0.05, 0.1) is 0 Å². The van der Waals surface area contributed by atoms with E-state index in [2.05, 4.69) is 64.2 Å². The van der Waals surface area contributed by atoms with Crippen LogP contribution in [0.15, 0.2) is 24.3 Å². The maximum Gasteiger partial charge on any atom is 0.0208 e. The summed E-state index contributed by atoms with van der Waals surface area (Å²) in [6.45, 7) is 12.3. The summed E-state index contributed by atoms with van der Waals surface area (Å²) < 4.78 is 0. The molecule has 0 saturated heterocycles. The standard InChI is InChI=1S/C17H29N/c1-6-16(7-2)14(5)18-12-15-8-10-17(11-9-15)13(3)4/h8-11,13-14,16,18H,6-7,12H2,1-5H3. The summed E-state index contributed by atoms with van der Waals surface area (Å²) in [5, 5.41) is 3.65. The first-order chi connectivity index (χ1) is 8.58. The molecule has 0 saturated carbocycles. The van der Waals surface area contributed by atoms with Crippen LogP contribution in [-0.4, -0.2) is 6.04 Å². The van der Waals surface area contributed by atoms with Gasteiger partial charge in [0.2, 0.25) is 0 Å². The summed E-state index contributed by atoms with van der Waals surface area (Å²) in [5.41, 5.74) is 2.81. The summed E-state index contributed by atoms with van der Waals surface area (Å²) in [4.78, 5) is 0. The summed E-state index contributed by atoms with van der Waals surface area (Å²) in [6.07, 6.45) is 2.52. The van der Waals surface area contributed by atoms with Crippen molar-refractivity contribution in [1.82, 2.24) is 5.32 Å². The molecular weight excluding hydrogens is 218 g/mol. The van der Waals surface area contributed by atoms with E-state index in [4.69, 9.17) is 0 Å². The fourth-order valence-electron chi connectivity index (χ4n) is 2.46. The van der Waals surface area contributed by atoms with Crippen molar-refractivity contribution in [3.05, 3.63) is 35.4 Å². The lowest BCUT2D eigenvalue weighted by Gasteiger charge is -2.22. The molecule has 0 amide bonds. The molecule has 1 unspecified atom stereocenters. The smallest absolute Gasteiger partial charge is 0.0208 e. The average Bonchev–Trinajstić information content (AvgIpc) is 2.38. The van der Waals surface area contributed by atoms with Crippen molar-refractivity contribution in [2.75, 3.05) is 0 Å². The molecule has 0 bridgehead atoms. The molecule has 1 rings (SSSR count). The second-order valence-electron chi connectivity index (χ2n) is 5.64. The quantitative estimate of drug-likeness (QED) is 0.735. The van der Waals surface area contributed by atoms with Crippen LogP contribution in [0.3, 0.4) is 0 Å². The molecule has 0 aliphatic rings. The Morgan fingerprint density at radius 2 is 1.50 bits per heavy atom. The molecule has 0 aliphatic heterocycles. The zero-order valence-corrected chi connectivity index (χ0v) is 12.7. The Morgan fingerprint density at radius 3 is 1.94 bits per heavy atom. The van der Waals surface area contributed by atoms with Crippen molar-refractivity contribution in [3.8, 4) is 0 Å². The fraction of sp³-hybridized carbons (Fsp3) is 0.647. The van der Waals surface area contributed by atoms with E-state index in [1.54, 1.807) is 0 Å². The molecule has 1 nitrogen and oxygen atoms in total. The van der Waals surface area contributed by atoms with Crippen LogP contribution >= 0.6 is 0 Å². The lowest BCUT2D eigenvalue weighted by molar-refractivity contribution is 0.353. The van der Waals surface area contributed by atoms with E-state index in [0.717, 1.165) is 12.5 Å². The third-order valence-electron chi connectivity index (χ3n) is 4.03. The first-order valence-corrected chi connectivity index (χ1v) is 7.40. The molecule has 1 aromatic rings. The highest BCUT2D eigenvalue weighted by molar-refractivity contribution is 5.24. The van der Waals surface area contributed by atoms with Crippen molar-refractivity contribution in [1.29, 1.82) is 0 Å². The van der Waals surface area contributed by atoms with Gasteiger partial charge in [0.15, 0.2) is 0 Å². The van der Waals surface area contributed by atoms with Gasteiger partial charge >= 0.3 is 0 Å². The largest absolute Gasteiger partial charge is 0.310 e. The minimum absolute atomic E-state index is 0.602. The Balaban J connectivity index is 2.48. The Labute approximate surface area is 113 Å². The maximum absolute atomic E-state index is 3.65. The molecule has 1 atom stereocenters. The third-order valence-corrected chi connectivity index (χ3v) is 4.03. The zero-order chi connectivity index (χ0) is 13.5. The van der Waals surface area contributed by atoms with E-state index in [9.17, 15) is 0 Å². The molecule has 1 aromatic carbocycles. The van der Waals surface area contributed by atoms with Crippen LogP contribution in [0.4, 0.5) is 0 Å². The lowest BCUT2D eigenvalue weighted by Crippen LogP contribution is -2.32. The Morgan fingerprint density at radius 1 is 0.944 bits per heavy atom. The van der Waals surface area contributed by atoms with Gasteiger partial charge in [-0.15, -0.1) is 0 Å². The van der Waals surface area contributed by atoms with Gasteiger partial charge in [-0.25, -0.2) is 0 Å². The van der Waals surface area contributed by atoms with Crippen LogP contribution in [0.1, 0.15) is 64.5 Å². The van der Waals surface area contributed by atoms with E-state index in [-0.39, 0.29) is 0 Å². The molecule has 0 aromatic heterocycles. The summed E-state index contributed by atoms with van der Waals surface area (Å²) in [7, 11) is 0. The summed E-state index contributed by atoms with van der Waals surface area (Å²) in [5.74, 6) is 1.41. The second-order valence-corrected chi connectivity index (χ2v) is 5.64. The van der Waals surface area contributed by atoms with Crippen molar-refractivity contribution in [2.24, 2.45) is 5.92 Å². The topological polar surface area (TPSA) is 12.0 Å². The first kappa shape index (κ1) is 15.2. The molecule has 0 radical (unpaired) electrons. The van der Waals surface area contributed by atoms with Crippen LogP contribution in [0.2, 0.25) is 0 Å². The van der Waals surface area contributed by atoms with E-state index < -0.39 is 0 Å². The molecule has 0 heterocycles. The van der Waals surface area contributed by atoms with E-state index in [0.29, 0.717) is 12.0 Å². The summed E-state index contributed by atoms with van der Waals surface area (Å²) in [6, 6.07) is 9.61. The predicted molar refractivity (Wildman–Crippen MR) is 80.9 cm³/mol. The van der Waals surface area contributed by atoms with E-state index >= 15 is 0 Å². The van der Waals surface area contributed by atoms with Gasteiger partial charge in [-0.05, 0) is 29.9 Å². The Hall–Kier alpha value is -0.820. The first-order valence-electron chi connectivity index (χ1n) is 7.40. The van der Waals surface area contributed by atoms with Crippen molar-refractivity contribution >= 4 is 0 Å². The van der Waals surface area contributed by atoms with Crippen LogP contribution in [0, 0.1) is 5.92 Å². The monoisotopic (exact) mass is 247 g/mol. The van der Waals surface area contributed by atoms with Crippen LogP contribution < -0.4 is 5.32 Å². The molecule has 0 aliphatic carbocycles. The number of hydrogen-bond donors (Lipinski definition) is 1. The van der Waals surface area contributed by atoms with Crippen LogP contribution in [0.25, 0.3) is 0 Å². The third kappa shape index (κ3) is 4.45. The molecule has 0 fully saturated rings. The minimum Gasteiger partial charge on any atom is -0.310 e. The highest BCUT2D eigenvalue weighted by Gasteiger charge is 2.12. The van der Waals surface area contributed by atoms with Gasteiger partial charge in [0.1, 0.15) is 0 Å². The van der Waals surface area contributed by atoms with Gasteiger partial charge in [-0.2, -0.15) is 0 Å². The maximum atomic E-state index is 3.65. The minimum atomic E-state index is 0.602. The van der Waals surface area contributed by atoms with Gasteiger partial charge in [0.25, 0.3) is 0 Å². The highest BCUT2D eigenvalue weighted by atomic mass is 14.9. The highest BCUT2D eigenvalue weighted by Crippen LogP contribution is 2.16. The van der Waals surface area contributed by atoms with Crippen molar-refractivity contribution in [3.63, 3.8) is 0 Å². The Kier molecular flexibility index (Phi) is 6.42. The molecule has 1 heteroatoms. The number of rotatable bonds is 7. The van der Waals surface area contributed by atoms with Gasteiger partial charge in [-0.1, -0.05) is 64.8 Å². The fourth-order valence-corrected chi connectivity index (χ4v) is 2.46. The molecule has 1 N–H and O–H groups in total.